The van der Waals surface area contributed by atoms with E-state index in [0.717, 1.165) is 60.1 Å². The summed E-state index contributed by atoms with van der Waals surface area (Å²) in [4.78, 5) is 28.0. The Labute approximate surface area is 192 Å². The topological polar surface area (TPSA) is 78.6 Å². The van der Waals surface area contributed by atoms with Crippen LogP contribution < -0.4 is 20.4 Å². The number of hydrogen-bond acceptors (Lipinski definition) is 6. The predicted octanol–water partition coefficient (Wildman–Crippen LogP) is 3.65. The molecule has 166 valence electrons. The highest BCUT2D eigenvalue weighted by Crippen LogP contribution is 2.40. The van der Waals surface area contributed by atoms with E-state index in [-0.39, 0.29) is 0 Å². The van der Waals surface area contributed by atoms with Crippen LogP contribution in [-0.2, 0) is 0 Å². The lowest BCUT2D eigenvalue weighted by atomic mass is 10.1. The zero-order valence-electron chi connectivity index (χ0n) is 18.4. The van der Waals surface area contributed by atoms with Gasteiger partial charge in [0.2, 0.25) is 5.91 Å². The molecule has 8 heteroatoms. The maximum absolute atomic E-state index is 11.4. The highest BCUT2D eigenvalue weighted by molar-refractivity contribution is 6.33. The Kier molecular flexibility index (Phi) is 5.29. The first kappa shape index (κ1) is 20.8. The third-order valence-electron chi connectivity index (χ3n) is 6.29. The minimum absolute atomic E-state index is 0.425. The van der Waals surface area contributed by atoms with Crippen molar-refractivity contribution in [1.82, 2.24) is 9.97 Å². The van der Waals surface area contributed by atoms with Crippen LogP contribution in [-0.4, -0.2) is 56.1 Å². The highest BCUT2D eigenvalue weighted by Gasteiger charge is 2.29. The fourth-order valence-corrected chi connectivity index (χ4v) is 4.54. The second-order valence-electron chi connectivity index (χ2n) is 8.78. The van der Waals surface area contributed by atoms with Gasteiger partial charge in [0.15, 0.2) is 0 Å². The van der Waals surface area contributed by atoms with E-state index in [9.17, 15) is 4.79 Å². The summed E-state index contributed by atoms with van der Waals surface area (Å²) in [5, 5.41) is 1.65. The predicted molar refractivity (Wildman–Crippen MR) is 130 cm³/mol. The lowest BCUT2D eigenvalue weighted by molar-refractivity contribution is 0.100. The summed E-state index contributed by atoms with van der Waals surface area (Å²) >= 11 is 6.46. The molecular formula is C24H27ClN6O. The number of nitrogens with zero attached hydrogens (tertiary/aromatic N) is 5. The van der Waals surface area contributed by atoms with Gasteiger partial charge in [-0.15, -0.1) is 0 Å². The number of nitrogens with two attached hydrogens (primary N) is 1. The van der Waals surface area contributed by atoms with Gasteiger partial charge in [-0.2, -0.15) is 0 Å². The minimum atomic E-state index is -0.470. The SMILES string of the molecule is CN(C)c1ccc2nc(C3CC3)nc(N3CCN(c4ccc(C(N)=O)cc4Cl)CC3)c2c1. The molecule has 1 saturated carbocycles. The average Bonchev–Trinajstić information content (AvgIpc) is 3.63. The summed E-state index contributed by atoms with van der Waals surface area (Å²) in [6.07, 6.45) is 2.35. The van der Waals surface area contributed by atoms with Crippen molar-refractivity contribution in [2.24, 2.45) is 5.73 Å². The number of primary amides is 1. The van der Waals surface area contributed by atoms with Gasteiger partial charge in [0.1, 0.15) is 11.6 Å². The van der Waals surface area contributed by atoms with Gasteiger partial charge >= 0.3 is 0 Å². The van der Waals surface area contributed by atoms with Crippen molar-refractivity contribution in [2.45, 2.75) is 18.8 Å². The third-order valence-corrected chi connectivity index (χ3v) is 6.59. The van der Waals surface area contributed by atoms with E-state index < -0.39 is 5.91 Å². The molecule has 0 radical (unpaired) electrons. The van der Waals surface area contributed by atoms with Crippen LogP contribution in [0.1, 0.15) is 34.9 Å². The van der Waals surface area contributed by atoms with Crippen molar-refractivity contribution in [3.05, 3.63) is 52.8 Å². The number of piperazine rings is 1. The minimum Gasteiger partial charge on any atom is -0.378 e. The Balaban J connectivity index is 1.43. The molecule has 3 aromatic rings. The van der Waals surface area contributed by atoms with Crippen LogP contribution in [0.5, 0.6) is 0 Å². The molecular weight excluding hydrogens is 424 g/mol. The van der Waals surface area contributed by atoms with E-state index in [1.54, 1.807) is 12.1 Å². The van der Waals surface area contributed by atoms with Crippen LogP contribution in [0.25, 0.3) is 10.9 Å². The molecule has 0 unspecified atom stereocenters. The van der Waals surface area contributed by atoms with Crippen LogP contribution in [0.15, 0.2) is 36.4 Å². The van der Waals surface area contributed by atoms with Gasteiger partial charge in [-0.3, -0.25) is 4.79 Å². The van der Waals surface area contributed by atoms with Gasteiger partial charge < -0.3 is 20.4 Å². The quantitative estimate of drug-likeness (QED) is 0.639. The second-order valence-corrected chi connectivity index (χ2v) is 9.19. The van der Waals surface area contributed by atoms with Gasteiger partial charge in [0, 0.05) is 62.8 Å². The maximum Gasteiger partial charge on any atom is 0.248 e. The van der Waals surface area contributed by atoms with Crippen molar-refractivity contribution in [2.75, 3.05) is 55.0 Å². The fraction of sp³-hybridized carbons (Fsp3) is 0.375. The number of carbonyl (C=O) groups excluding carboxylic acids is 1. The van der Waals surface area contributed by atoms with Crippen LogP contribution in [0, 0.1) is 0 Å². The Morgan fingerprint density at radius 2 is 1.75 bits per heavy atom. The molecule has 32 heavy (non-hydrogen) atoms. The molecule has 2 aromatic carbocycles. The van der Waals surface area contributed by atoms with Crippen LogP contribution in [0.2, 0.25) is 5.02 Å². The smallest absolute Gasteiger partial charge is 0.248 e. The molecule has 0 atom stereocenters. The number of fused-ring (bicyclic) bond motifs is 1. The monoisotopic (exact) mass is 450 g/mol. The molecule has 0 bridgehead atoms. The first-order chi connectivity index (χ1) is 15.4. The maximum atomic E-state index is 11.4. The number of benzene rings is 2. The van der Waals surface area contributed by atoms with E-state index in [1.165, 1.54) is 12.8 Å². The van der Waals surface area contributed by atoms with Crippen LogP contribution >= 0.6 is 11.6 Å². The lowest BCUT2D eigenvalue weighted by Crippen LogP contribution is -2.47. The van der Waals surface area contributed by atoms with Gasteiger partial charge in [-0.1, -0.05) is 11.6 Å². The number of amides is 1. The summed E-state index contributed by atoms with van der Waals surface area (Å²) < 4.78 is 0. The molecule has 1 aliphatic heterocycles. The van der Waals surface area contributed by atoms with Crippen LogP contribution in [0.4, 0.5) is 17.2 Å². The van der Waals surface area contributed by atoms with Crippen LogP contribution in [0.3, 0.4) is 0 Å². The normalized spacial score (nSPS) is 16.5. The van der Waals surface area contributed by atoms with Gasteiger partial charge in [-0.05, 0) is 49.2 Å². The Morgan fingerprint density at radius 3 is 2.38 bits per heavy atom. The molecule has 1 amide bonds. The molecule has 1 aromatic heterocycles. The Morgan fingerprint density at radius 1 is 1.03 bits per heavy atom. The first-order valence-electron chi connectivity index (χ1n) is 11.0. The van der Waals surface area contributed by atoms with Gasteiger partial charge in [0.25, 0.3) is 0 Å². The lowest BCUT2D eigenvalue weighted by Gasteiger charge is -2.37. The van der Waals surface area contributed by atoms with Gasteiger partial charge in [0.05, 0.1) is 16.2 Å². The van der Waals surface area contributed by atoms with E-state index in [2.05, 4.69) is 32.9 Å². The average molecular weight is 451 g/mol. The molecule has 5 rings (SSSR count). The van der Waals surface area contributed by atoms with Crippen molar-refractivity contribution >= 4 is 45.6 Å². The molecule has 2 N–H and O–H groups in total. The van der Waals surface area contributed by atoms with E-state index >= 15 is 0 Å². The van der Waals surface area contributed by atoms with Crippen molar-refractivity contribution in [3.63, 3.8) is 0 Å². The fourth-order valence-electron chi connectivity index (χ4n) is 4.24. The molecule has 1 saturated heterocycles. The summed E-state index contributed by atoms with van der Waals surface area (Å²) in [6, 6.07) is 11.7. The molecule has 1 aliphatic carbocycles. The third kappa shape index (κ3) is 3.93. The Bertz CT molecular complexity index is 1180. The Hall–Kier alpha value is -3.06. The zero-order valence-corrected chi connectivity index (χ0v) is 19.1. The van der Waals surface area contributed by atoms with Gasteiger partial charge in [-0.25, -0.2) is 9.97 Å². The number of aromatic nitrogens is 2. The largest absolute Gasteiger partial charge is 0.378 e. The summed E-state index contributed by atoms with van der Waals surface area (Å²) in [7, 11) is 4.10. The molecule has 0 spiro atoms. The summed E-state index contributed by atoms with van der Waals surface area (Å²) in [5.41, 5.74) is 8.88. The number of hydrogen-bond donors (Lipinski definition) is 1. The van der Waals surface area contributed by atoms with Crippen molar-refractivity contribution < 1.29 is 4.79 Å². The highest BCUT2D eigenvalue weighted by atomic mass is 35.5. The molecule has 7 nitrogen and oxygen atoms in total. The van der Waals surface area contributed by atoms with E-state index in [0.29, 0.717) is 16.5 Å². The molecule has 2 fully saturated rings. The van der Waals surface area contributed by atoms with E-state index in [4.69, 9.17) is 27.3 Å². The molecule has 2 aliphatic rings. The number of rotatable bonds is 5. The first-order valence-corrected chi connectivity index (χ1v) is 11.4. The number of halogens is 1. The zero-order chi connectivity index (χ0) is 22.4. The molecule has 2 heterocycles. The summed E-state index contributed by atoms with van der Waals surface area (Å²) in [5.74, 6) is 2.02. The summed E-state index contributed by atoms with van der Waals surface area (Å²) in [6.45, 7) is 3.28. The number of anilines is 3. The van der Waals surface area contributed by atoms with Crippen molar-refractivity contribution in [1.29, 1.82) is 0 Å². The van der Waals surface area contributed by atoms with E-state index in [1.807, 2.05) is 20.2 Å². The number of carbonyl (C=O) groups is 1. The standard InChI is InChI=1S/C24H27ClN6O/c1-29(2)17-6-7-20-18(14-17)24(28-23(27-20)15-3-4-15)31-11-9-30(10-12-31)21-8-5-16(22(26)32)13-19(21)25/h5-8,13-15H,3-4,9-12H2,1-2H3,(H2,26,32). The van der Waals surface area contributed by atoms with Crippen molar-refractivity contribution in [3.8, 4) is 0 Å². The second kappa shape index (κ2) is 8.13.